The summed E-state index contributed by atoms with van der Waals surface area (Å²) in [5.74, 6) is -1.13. The number of halogens is 4. The highest BCUT2D eigenvalue weighted by Gasteiger charge is 2.31. The molecule has 2 aromatic heterocycles. The van der Waals surface area contributed by atoms with Gasteiger partial charge in [0.05, 0.1) is 16.5 Å². The fraction of sp³-hybridized carbons (Fsp3) is 0.0714. The Hall–Kier alpha value is -2.97. The fourth-order valence-electron chi connectivity index (χ4n) is 2.04. The molecule has 0 amide bonds. The summed E-state index contributed by atoms with van der Waals surface area (Å²) in [6.45, 7) is 0. The van der Waals surface area contributed by atoms with E-state index in [1.165, 1.54) is 12.1 Å². The van der Waals surface area contributed by atoms with E-state index in [2.05, 4.69) is 9.97 Å². The van der Waals surface area contributed by atoms with Gasteiger partial charge in [-0.05, 0) is 23.6 Å². The van der Waals surface area contributed by atoms with Crippen LogP contribution in [0.4, 0.5) is 17.6 Å². The minimum atomic E-state index is -4.59. The van der Waals surface area contributed by atoms with Gasteiger partial charge in [0.15, 0.2) is 5.82 Å². The van der Waals surface area contributed by atoms with E-state index in [9.17, 15) is 27.6 Å². The van der Waals surface area contributed by atoms with Gasteiger partial charge in [-0.25, -0.2) is 14.4 Å². The SMILES string of the molecule is O=c1c2cc(F)c(-c3ncc(C(F)(F)F)cn3)cc2ccn1O. The molecule has 0 saturated carbocycles. The number of nitrogens with zero attached hydrogens (tertiary/aromatic N) is 3. The lowest BCUT2D eigenvalue weighted by Crippen LogP contribution is -2.16. The normalized spacial score (nSPS) is 11.8. The van der Waals surface area contributed by atoms with Crippen molar-refractivity contribution in [1.29, 1.82) is 0 Å². The predicted molar refractivity (Wildman–Crippen MR) is 71.4 cm³/mol. The molecule has 1 aromatic carbocycles. The second-order valence-electron chi connectivity index (χ2n) is 4.68. The third-order valence-electron chi connectivity index (χ3n) is 3.19. The summed E-state index contributed by atoms with van der Waals surface area (Å²) in [7, 11) is 0. The second kappa shape index (κ2) is 5.04. The van der Waals surface area contributed by atoms with E-state index in [4.69, 9.17) is 0 Å². The molecule has 23 heavy (non-hydrogen) atoms. The molecule has 0 aliphatic heterocycles. The molecular formula is C14H7F4N3O2. The van der Waals surface area contributed by atoms with E-state index in [0.29, 0.717) is 22.5 Å². The van der Waals surface area contributed by atoms with Gasteiger partial charge in [0.2, 0.25) is 0 Å². The molecule has 0 unspecified atom stereocenters. The monoisotopic (exact) mass is 325 g/mol. The maximum Gasteiger partial charge on any atom is 0.419 e. The minimum absolute atomic E-state index is 0.0804. The van der Waals surface area contributed by atoms with Gasteiger partial charge in [0, 0.05) is 18.6 Å². The quantitative estimate of drug-likeness (QED) is 0.552. The molecular weight excluding hydrogens is 318 g/mol. The highest BCUT2D eigenvalue weighted by molar-refractivity contribution is 5.85. The number of hydrogen-bond donors (Lipinski definition) is 1. The summed E-state index contributed by atoms with van der Waals surface area (Å²) in [4.78, 5) is 18.7. The summed E-state index contributed by atoms with van der Waals surface area (Å²) in [6, 6.07) is 3.46. The van der Waals surface area contributed by atoms with Crippen LogP contribution in [0.25, 0.3) is 22.2 Å². The Balaban J connectivity index is 2.15. The van der Waals surface area contributed by atoms with Gasteiger partial charge in [0.25, 0.3) is 5.56 Å². The van der Waals surface area contributed by atoms with Gasteiger partial charge >= 0.3 is 6.18 Å². The van der Waals surface area contributed by atoms with Gasteiger partial charge in [-0.2, -0.15) is 17.9 Å². The first-order valence-electron chi connectivity index (χ1n) is 6.21. The largest absolute Gasteiger partial charge is 0.425 e. The van der Waals surface area contributed by atoms with E-state index in [0.717, 1.165) is 12.3 Å². The van der Waals surface area contributed by atoms with Crippen LogP contribution in [0, 0.1) is 5.82 Å². The molecule has 2 heterocycles. The number of aromatic nitrogens is 3. The zero-order valence-electron chi connectivity index (χ0n) is 11.2. The molecule has 0 aliphatic rings. The zero-order chi connectivity index (χ0) is 16.8. The molecule has 1 N–H and O–H groups in total. The van der Waals surface area contributed by atoms with Crippen LogP contribution in [0.15, 0.2) is 41.6 Å². The van der Waals surface area contributed by atoms with Crippen molar-refractivity contribution >= 4 is 10.8 Å². The zero-order valence-corrected chi connectivity index (χ0v) is 11.2. The van der Waals surface area contributed by atoms with Crippen molar-refractivity contribution in [2.75, 3.05) is 0 Å². The lowest BCUT2D eigenvalue weighted by molar-refractivity contribution is -0.138. The van der Waals surface area contributed by atoms with Crippen LogP contribution in [-0.4, -0.2) is 19.9 Å². The predicted octanol–water partition coefficient (Wildman–Crippen LogP) is 2.85. The fourth-order valence-corrected chi connectivity index (χ4v) is 2.04. The lowest BCUT2D eigenvalue weighted by atomic mass is 10.1. The number of benzene rings is 1. The Morgan fingerprint density at radius 2 is 1.78 bits per heavy atom. The van der Waals surface area contributed by atoms with Gasteiger partial charge in [0.1, 0.15) is 5.82 Å². The molecule has 118 valence electrons. The van der Waals surface area contributed by atoms with Gasteiger partial charge in [-0.3, -0.25) is 4.79 Å². The first-order chi connectivity index (χ1) is 10.8. The summed E-state index contributed by atoms with van der Waals surface area (Å²) in [6.07, 6.45) is -2.41. The Labute approximate surface area is 125 Å². The number of fused-ring (bicyclic) bond motifs is 1. The standard InChI is InChI=1S/C14H7F4N3O2/c15-11-4-9-7(1-2-21(23)13(9)22)3-10(11)12-19-5-8(6-20-12)14(16,17)18/h1-6,23H. The summed E-state index contributed by atoms with van der Waals surface area (Å²) in [5.41, 5.74) is -2.02. The van der Waals surface area contributed by atoms with Crippen molar-refractivity contribution in [3.63, 3.8) is 0 Å². The average Bonchev–Trinajstić information content (AvgIpc) is 2.50. The van der Waals surface area contributed by atoms with Crippen molar-refractivity contribution in [3.8, 4) is 11.4 Å². The van der Waals surface area contributed by atoms with Crippen molar-refractivity contribution in [2.24, 2.45) is 0 Å². The lowest BCUT2D eigenvalue weighted by Gasteiger charge is -2.08. The number of pyridine rings is 1. The minimum Gasteiger partial charge on any atom is -0.425 e. The van der Waals surface area contributed by atoms with Crippen molar-refractivity contribution in [2.45, 2.75) is 6.18 Å². The Morgan fingerprint density at radius 1 is 1.13 bits per heavy atom. The van der Waals surface area contributed by atoms with Gasteiger partial charge in [-0.15, -0.1) is 0 Å². The van der Waals surface area contributed by atoms with Crippen molar-refractivity contribution in [3.05, 3.63) is 58.5 Å². The molecule has 3 rings (SSSR count). The van der Waals surface area contributed by atoms with E-state index < -0.39 is 23.1 Å². The van der Waals surface area contributed by atoms with Crippen LogP contribution >= 0.6 is 0 Å². The van der Waals surface area contributed by atoms with Crippen LogP contribution in [0.1, 0.15) is 5.56 Å². The Morgan fingerprint density at radius 3 is 2.39 bits per heavy atom. The summed E-state index contributed by atoms with van der Waals surface area (Å²) >= 11 is 0. The Kier molecular flexibility index (Phi) is 3.28. The average molecular weight is 325 g/mol. The van der Waals surface area contributed by atoms with E-state index in [-0.39, 0.29) is 16.8 Å². The van der Waals surface area contributed by atoms with Crippen molar-refractivity contribution < 1.29 is 22.8 Å². The van der Waals surface area contributed by atoms with Gasteiger partial charge in [-0.1, -0.05) is 0 Å². The molecule has 0 spiro atoms. The number of rotatable bonds is 1. The van der Waals surface area contributed by atoms with Crippen LogP contribution in [0.5, 0.6) is 0 Å². The number of hydrogen-bond acceptors (Lipinski definition) is 4. The highest BCUT2D eigenvalue weighted by Crippen LogP contribution is 2.29. The second-order valence-corrected chi connectivity index (χ2v) is 4.68. The molecule has 0 bridgehead atoms. The molecule has 0 aliphatic carbocycles. The molecule has 0 radical (unpaired) electrons. The molecule has 0 atom stereocenters. The third-order valence-corrected chi connectivity index (χ3v) is 3.19. The van der Waals surface area contributed by atoms with Crippen LogP contribution < -0.4 is 5.56 Å². The topological polar surface area (TPSA) is 68.0 Å². The smallest absolute Gasteiger partial charge is 0.419 e. The van der Waals surface area contributed by atoms with E-state index >= 15 is 0 Å². The van der Waals surface area contributed by atoms with Crippen LogP contribution in [0.3, 0.4) is 0 Å². The molecule has 0 saturated heterocycles. The maximum atomic E-state index is 14.1. The maximum absolute atomic E-state index is 14.1. The highest BCUT2D eigenvalue weighted by atomic mass is 19.4. The molecule has 3 aromatic rings. The number of alkyl halides is 3. The Bertz CT molecular complexity index is 949. The molecule has 0 fully saturated rings. The molecule has 9 heteroatoms. The van der Waals surface area contributed by atoms with Crippen LogP contribution in [-0.2, 0) is 6.18 Å². The van der Waals surface area contributed by atoms with E-state index in [1.807, 2.05) is 0 Å². The first kappa shape index (κ1) is 14.9. The first-order valence-corrected chi connectivity index (χ1v) is 6.21. The third kappa shape index (κ3) is 2.60. The molecule has 5 nitrogen and oxygen atoms in total. The summed E-state index contributed by atoms with van der Waals surface area (Å²) in [5, 5.41) is 9.46. The van der Waals surface area contributed by atoms with Crippen LogP contribution in [0.2, 0.25) is 0 Å². The van der Waals surface area contributed by atoms with Crippen molar-refractivity contribution in [1.82, 2.24) is 14.7 Å². The van der Waals surface area contributed by atoms with Gasteiger partial charge < -0.3 is 5.21 Å². The summed E-state index contributed by atoms with van der Waals surface area (Å²) < 4.78 is 51.9. The van der Waals surface area contributed by atoms with E-state index in [1.54, 1.807) is 0 Å².